The fourth-order valence-electron chi connectivity index (χ4n) is 4.05. The molecule has 6 nitrogen and oxygen atoms in total. The highest BCUT2D eigenvalue weighted by Crippen LogP contribution is 2.37. The summed E-state index contributed by atoms with van der Waals surface area (Å²) < 4.78 is 13.0. The Kier molecular flexibility index (Phi) is 5.66. The number of carbonyl (C=O) groups is 2. The number of hydrogen-bond acceptors (Lipinski definition) is 5. The number of nitrogens with one attached hydrogen (secondary N) is 1. The van der Waals surface area contributed by atoms with Gasteiger partial charge in [0.05, 0.1) is 6.04 Å². The maximum absolute atomic E-state index is 13.0. The second kappa shape index (κ2) is 8.34. The largest absolute Gasteiger partial charge is 0.333 e. The van der Waals surface area contributed by atoms with Gasteiger partial charge in [-0.25, -0.2) is 4.39 Å². The molecule has 148 valence electrons. The summed E-state index contributed by atoms with van der Waals surface area (Å²) in [5, 5.41) is 11.9. The van der Waals surface area contributed by atoms with Crippen LogP contribution in [0.4, 0.5) is 10.1 Å². The summed E-state index contributed by atoms with van der Waals surface area (Å²) >= 11 is 1.23. The lowest BCUT2D eigenvalue weighted by atomic mass is 9.88. The number of benzene rings is 1. The van der Waals surface area contributed by atoms with E-state index in [1.807, 2.05) is 4.90 Å². The highest BCUT2D eigenvalue weighted by atomic mass is 32.1. The van der Waals surface area contributed by atoms with Crippen molar-refractivity contribution in [2.24, 2.45) is 5.92 Å². The molecule has 0 radical (unpaired) electrons. The van der Waals surface area contributed by atoms with Crippen LogP contribution in [-0.4, -0.2) is 33.5 Å². The lowest BCUT2D eigenvalue weighted by Gasteiger charge is -2.29. The average molecular weight is 402 g/mol. The molecule has 1 saturated heterocycles. The Labute approximate surface area is 167 Å². The van der Waals surface area contributed by atoms with E-state index in [9.17, 15) is 14.0 Å². The predicted octanol–water partition coefficient (Wildman–Crippen LogP) is 4.17. The van der Waals surface area contributed by atoms with Gasteiger partial charge in [-0.05, 0) is 49.9 Å². The van der Waals surface area contributed by atoms with Crippen molar-refractivity contribution in [1.82, 2.24) is 15.1 Å². The molecule has 2 aliphatic rings. The smallest absolute Gasteiger partial charge is 0.286 e. The molecule has 4 rings (SSSR count). The molecule has 0 bridgehead atoms. The maximum Gasteiger partial charge on any atom is 0.286 e. The number of nitrogens with zero attached hydrogens (tertiary/aromatic N) is 3. The van der Waals surface area contributed by atoms with Crippen molar-refractivity contribution in [3.05, 3.63) is 40.1 Å². The molecule has 2 fully saturated rings. The first-order chi connectivity index (χ1) is 13.6. The van der Waals surface area contributed by atoms with Gasteiger partial charge in [-0.2, -0.15) is 0 Å². The molecule has 1 aromatic heterocycles. The molecule has 28 heavy (non-hydrogen) atoms. The monoisotopic (exact) mass is 402 g/mol. The van der Waals surface area contributed by atoms with Crippen LogP contribution in [-0.2, 0) is 4.79 Å². The molecule has 0 spiro atoms. The first kappa shape index (κ1) is 19.0. The molecule has 1 aliphatic carbocycles. The second-order valence-corrected chi connectivity index (χ2v) is 8.44. The van der Waals surface area contributed by atoms with Gasteiger partial charge in [-0.3, -0.25) is 9.59 Å². The Balaban J connectivity index is 1.44. The fraction of sp³-hybridized carbons (Fsp3) is 0.500. The summed E-state index contributed by atoms with van der Waals surface area (Å²) in [5.74, 6) is -0.378. The number of amides is 2. The Bertz CT molecular complexity index is 848. The normalized spacial score (nSPS) is 20.3. The molecule has 8 heteroatoms. The Morgan fingerprint density at radius 3 is 2.54 bits per heavy atom. The van der Waals surface area contributed by atoms with Gasteiger partial charge in [0.25, 0.3) is 5.91 Å². The Hall–Kier alpha value is -2.35. The van der Waals surface area contributed by atoms with E-state index in [1.165, 1.54) is 42.0 Å². The summed E-state index contributed by atoms with van der Waals surface area (Å²) in [6.07, 6.45) is 7.22. The van der Waals surface area contributed by atoms with E-state index in [4.69, 9.17) is 0 Å². The van der Waals surface area contributed by atoms with E-state index in [-0.39, 0.29) is 34.6 Å². The zero-order chi connectivity index (χ0) is 19.5. The lowest BCUT2D eigenvalue weighted by Crippen LogP contribution is -2.36. The quantitative estimate of drug-likeness (QED) is 0.833. The van der Waals surface area contributed by atoms with Gasteiger partial charge in [0, 0.05) is 18.2 Å². The van der Waals surface area contributed by atoms with E-state index < -0.39 is 0 Å². The van der Waals surface area contributed by atoms with Crippen molar-refractivity contribution in [2.75, 3.05) is 11.9 Å². The minimum absolute atomic E-state index is 0.0840. The summed E-state index contributed by atoms with van der Waals surface area (Å²) in [4.78, 5) is 27.3. The number of hydrogen-bond donors (Lipinski definition) is 1. The molecule has 1 atom stereocenters. The van der Waals surface area contributed by atoms with E-state index in [2.05, 4.69) is 15.5 Å². The minimum atomic E-state index is -0.376. The number of rotatable bonds is 4. The molecule has 2 heterocycles. The molecule has 1 aromatic carbocycles. The van der Waals surface area contributed by atoms with Crippen molar-refractivity contribution in [1.29, 1.82) is 0 Å². The van der Waals surface area contributed by atoms with Crippen molar-refractivity contribution in [2.45, 2.75) is 51.0 Å². The van der Waals surface area contributed by atoms with Gasteiger partial charge in [-0.1, -0.05) is 30.6 Å². The summed E-state index contributed by atoms with van der Waals surface area (Å²) in [6, 6.07) is 5.48. The zero-order valence-electron chi connectivity index (χ0n) is 15.6. The first-order valence-electron chi connectivity index (χ1n) is 9.82. The van der Waals surface area contributed by atoms with Crippen molar-refractivity contribution < 1.29 is 14.0 Å². The molecule has 1 aliphatic heterocycles. The average Bonchev–Trinajstić information content (AvgIpc) is 3.39. The minimum Gasteiger partial charge on any atom is -0.333 e. The lowest BCUT2D eigenvalue weighted by molar-refractivity contribution is -0.137. The molecular weight excluding hydrogens is 379 g/mol. The van der Waals surface area contributed by atoms with Crippen LogP contribution in [0.25, 0.3) is 0 Å². The van der Waals surface area contributed by atoms with E-state index in [1.54, 1.807) is 0 Å². The molecule has 2 aromatic rings. The third-order valence-corrected chi connectivity index (χ3v) is 6.54. The van der Waals surface area contributed by atoms with E-state index in [0.29, 0.717) is 10.7 Å². The third-order valence-electron chi connectivity index (χ3n) is 5.51. The van der Waals surface area contributed by atoms with Crippen LogP contribution in [0.2, 0.25) is 0 Å². The third kappa shape index (κ3) is 4.06. The second-order valence-electron chi connectivity index (χ2n) is 7.43. The number of carbonyl (C=O) groups excluding carboxylic acids is 2. The molecule has 1 saturated carbocycles. The van der Waals surface area contributed by atoms with Crippen molar-refractivity contribution >= 4 is 28.8 Å². The standard InChI is InChI=1S/C20H23FN4O2S/c21-14-8-10-15(11-9-14)22-17(26)19-24-23-18(28-19)16-7-4-12-25(16)20(27)13-5-2-1-3-6-13/h8-11,13,16H,1-7,12H2,(H,22,26). The fourth-order valence-corrected chi connectivity index (χ4v) is 4.94. The molecule has 1 unspecified atom stereocenters. The van der Waals surface area contributed by atoms with Gasteiger partial charge < -0.3 is 10.2 Å². The number of likely N-dealkylation sites (tertiary alicyclic amines) is 1. The van der Waals surface area contributed by atoms with Gasteiger partial charge in [-0.15, -0.1) is 10.2 Å². The van der Waals surface area contributed by atoms with Crippen LogP contribution in [0.5, 0.6) is 0 Å². The van der Waals surface area contributed by atoms with E-state index in [0.717, 1.165) is 45.1 Å². The summed E-state index contributed by atoms with van der Waals surface area (Å²) in [5.41, 5.74) is 0.498. The summed E-state index contributed by atoms with van der Waals surface area (Å²) in [6.45, 7) is 0.747. The van der Waals surface area contributed by atoms with Crippen LogP contribution in [0.3, 0.4) is 0 Å². The SMILES string of the molecule is O=C(Nc1ccc(F)cc1)c1nnc(C2CCCN2C(=O)C2CCCCC2)s1. The highest BCUT2D eigenvalue weighted by Gasteiger charge is 2.36. The molecule has 2 amide bonds. The van der Waals surface area contributed by atoms with Gasteiger partial charge in [0.2, 0.25) is 10.9 Å². The highest BCUT2D eigenvalue weighted by molar-refractivity contribution is 7.13. The van der Waals surface area contributed by atoms with Gasteiger partial charge >= 0.3 is 0 Å². The molecule has 1 N–H and O–H groups in total. The van der Waals surface area contributed by atoms with Crippen LogP contribution in [0, 0.1) is 11.7 Å². The Morgan fingerprint density at radius 1 is 1.04 bits per heavy atom. The topological polar surface area (TPSA) is 75.2 Å². The van der Waals surface area contributed by atoms with Crippen LogP contribution >= 0.6 is 11.3 Å². The zero-order valence-corrected chi connectivity index (χ0v) is 16.4. The van der Waals surface area contributed by atoms with Crippen LogP contribution < -0.4 is 5.32 Å². The summed E-state index contributed by atoms with van der Waals surface area (Å²) in [7, 11) is 0. The van der Waals surface area contributed by atoms with Crippen molar-refractivity contribution in [3.63, 3.8) is 0 Å². The van der Waals surface area contributed by atoms with Gasteiger partial charge in [0.15, 0.2) is 0 Å². The Morgan fingerprint density at radius 2 is 1.79 bits per heavy atom. The number of aromatic nitrogens is 2. The predicted molar refractivity (Wildman–Crippen MR) is 105 cm³/mol. The maximum atomic E-state index is 13.0. The van der Waals surface area contributed by atoms with Gasteiger partial charge in [0.1, 0.15) is 10.8 Å². The number of anilines is 1. The number of halogens is 1. The van der Waals surface area contributed by atoms with Crippen LogP contribution in [0.1, 0.15) is 65.8 Å². The van der Waals surface area contributed by atoms with Crippen molar-refractivity contribution in [3.8, 4) is 0 Å². The molecular formula is C20H23FN4O2S. The van der Waals surface area contributed by atoms with Crippen LogP contribution in [0.15, 0.2) is 24.3 Å². The first-order valence-corrected chi connectivity index (χ1v) is 10.6. The van der Waals surface area contributed by atoms with E-state index >= 15 is 0 Å².